The predicted molar refractivity (Wildman–Crippen MR) is 89.8 cm³/mol. The summed E-state index contributed by atoms with van der Waals surface area (Å²) in [5.41, 5.74) is 0.892. The lowest BCUT2D eigenvalue weighted by Gasteiger charge is -2.47. The molecule has 0 aromatic carbocycles. The van der Waals surface area contributed by atoms with E-state index in [4.69, 9.17) is 0 Å². The highest BCUT2D eigenvalue weighted by Crippen LogP contribution is 2.27. The van der Waals surface area contributed by atoms with Crippen molar-refractivity contribution in [2.45, 2.75) is 24.8 Å². The number of piperazine rings is 1. The van der Waals surface area contributed by atoms with E-state index in [1.54, 1.807) is 6.20 Å². The van der Waals surface area contributed by atoms with E-state index >= 15 is 0 Å². The van der Waals surface area contributed by atoms with Crippen molar-refractivity contribution in [3.05, 3.63) is 23.9 Å². The van der Waals surface area contributed by atoms with Crippen LogP contribution in [-0.4, -0.2) is 67.0 Å². The Morgan fingerprint density at radius 1 is 1.12 bits per heavy atom. The Morgan fingerprint density at radius 3 is 2.58 bits per heavy atom. The molecule has 128 valence electrons. The van der Waals surface area contributed by atoms with Gasteiger partial charge in [-0.3, -0.25) is 19.8 Å². The van der Waals surface area contributed by atoms with Gasteiger partial charge in [0.25, 0.3) is 0 Å². The molecule has 0 radical (unpaired) electrons. The minimum atomic E-state index is -0.255. The summed E-state index contributed by atoms with van der Waals surface area (Å²) < 4.78 is 0. The number of nitrogens with one attached hydrogen (secondary N) is 2. The molecular weight excluding hydrogens is 306 g/mol. The molecular formula is C17H23N5O2. The molecule has 7 nitrogen and oxygen atoms in total. The van der Waals surface area contributed by atoms with Crippen molar-refractivity contribution in [2.75, 3.05) is 44.2 Å². The average molecular weight is 329 g/mol. The molecule has 0 saturated carbocycles. The van der Waals surface area contributed by atoms with E-state index in [0.717, 1.165) is 50.6 Å². The summed E-state index contributed by atoms with van der Waals surface area (Å²) in [4.78, 5) is 32.5. The van der Waals surface area contributed by atoms with Gasteiger partial charge in [-0.25, -0.2) is 4.98 Å². The molecule has 3 aliphatic heterocycles. The lowest BCUT2D eigenvalue weighted by atomic mass is 9.91. The van der Waals surface area contributed by atoms with Crippen molar-refractivity contribution in [2.24, 2.45) is 0 Å². The zero-order chi connectivity index (χ0) is 16.5. The van der Waals surface area contributed by atoms with E-state index in [-0.39, 0.29) is 17.7 Å². The van der Waals surface area contributed by atoms with Crippen LogP contribution >= 0.6 is 0 Å². The Bertz CT molecular complexity index is 620. The zero-order valence-electron chi connectivity index (χ0n) is 13.7. The fourth-order valence-corrected chi connectivity index (χ4v) is 3.72. The van der Waals surface area contributed by atoms with Crippen LogP contribution in [0.5, 0.6) is 0 Å². The molecule has 0 bridgehead atoms. The van der Waals surface area contributed by atoms with Crippen LogP contribution in [0.2, 0.25) is 0 Å². The number of rotatable bonds is 3. The van der Waals surface area contributed by atoms with Gasteiger partial charge >= 0.3 is 0 Å². The number of carbonyl (C=O) groups is 2. The molecule has 2 N–H and O–H groups in total. The summed E-state index contributed by atoms with van der Waals surface area (Å²) in [5.74, 6) is 0.329. The Hall–Kier alpha value is -1.99. The average Bonchev–Trinajstić information content (AvgIpc) is 2.55. The van der Waals surface area contributed by atoms with Gasteiger partial charge in [0.2, 0.25) is 11.8 Å². The third-order valence-corrected chi connectivity index (χ3v) is 5.27. The molecule has 4 heterocycles. The number of hydrogen-bond acceptors (Lipinski definition) is 6. The second-order valence-electron chi connectivity index (χ2n) is 6.80. The monoisotopic (exact) mass is 329 g/mol. The lowest BCUT2D eigenvalue weighted by molar-refractivity contribution is -0.134. The van der Waals surface area contributed by atoms with Crippen LogP contribution in [0.15, 0.2) is 18.3 Å². The van der Waals surface area contributed by atoms with Gasteiger partial charge in [-0.2, -0.15) is 0 Å². The largest absolute Gasteiger partial charge is 0.353 e. The quantitative estimate of drug-likeness (QED) is 0.741. The molecule has 7 heteroatoms. The molecule has 1 aromatic heterocycles. The van der Waals surface area contributed by atoms with Crippen molar-refractivity contribution in [3.8, 4) is 0 Å². The Morgan fingerprint density at radius 2 is 1.92 bits per heavy atom. The normalized spacial score (nSPS) is 26.2. The first kappa shape index (κ1) is 15.5. The van der Waals surface area contributed by atoms with Crippen molar-refractivity contribution in [3.63, 3.8) is 0 Å². The second kappa shape index (κ2) is 6.49. The molecule has 0 spiro atoms. The fraction of sp³-hybridized carbons (Fsp3) is 0.588. The third-order valence-electron chi connectivity index (χ3n) is 5.27. The number of aromatic nitrogens is 1. The highest BCUT2D eigenvalue weighted by Gasteiger charge is 2.33. The van der Waals surface area contributed by atoms with Crippen LogP contribution in [0, 0.1) is 0 Å². The Kier molecular flexibility index (Phi) is 4.20. The van der Waals surface area contributed by atoms with Crippen molar-refractivity contribution in [1.82, 2.24) is 20.5 Å². The molecule has 3 fully saturated rings. The van der Waals surface area contributed by atoms with Gasteiger partial charge < -0.3 is 10.2 Å². The fourth-order valence-electron chi connectivity index (χ4n) is 3.72. The minimum Gasteiger partial charge on any atom is -0.353 e. The SMILES string of the molecule is O=C1CCC(c2ccc(N3CC(N4CCNCC4)C3)nc2)C(=O)N1. The summed E-state index contributed by atoms with van der Waals surface area (Å²) in [5, 5.41) is 5.79. The summed E-state index contributed by atoms with van der Waals surface area (Å²) in [6, 6.07) is 4.59. The molecule has 0 aliphatic carbocycles. The Balaban J connectivity index is 1.35. The molecule has 3 saturated heterocycles. The van der Waals surface area contributed by atoms with Gasteiger partial charge in [-0.15, -0.1) is 0 Å². The Labute approximate surface area is 141 Å². The first-order chi connectivity index (χ1) is 11.7. The topological polar surface area (TPSA) is 77.6 Å². The maximum atomic E-state index is 11.9. The highest BCUT2D eigenvalue weighted by atomic mass is 16.2. The minimum absolute atomic E-state index is 0.180. The van der Waals surface area contributed by atoms with Gasteiger partial charge in [-0.05, 0) is 18.1 Å². The van der Waals surface area contributed by atoms with Crippen LogP contribution in [0.1, 0.15) is 24.3 Å². The summed E-state index contributed by atoms with van der Waals surface area (Å²) in [7, 11) is 0. The van der Waals surface area contributed by atoms with E-state index in [1.165, 1.54) is 0 Å². The van der Waals surface area contributed by atoms with E-state index in [0.29, 0.717) is 18.9 Å². The lowest BCUT2D eigenvalue weighted by Crippen LogP contribution is -2.63. The molecule has 3 aliphatic rings. The van der Waals surface area contributed by atoms with E-state index in [9.17, 15) is 9.59 Å². The van der Waals surface area contributed by atoms with Gasteiger partial charge in [0.15, 0.2) is 0 Å². The second-order valence-corrected chi connectivity index (χ2v) is 6.80. The number of carbonyl (C=O) groups excluding carboxylic acids is 2. The molecule has 2 amide bonds. The van der Waals surface area contributed by atoms with Gasteiger partial charge in [0.1, 0.15) is 5.82 Å². The van der Waals surface area contributed by atoms with Crippen molar-refractivity contribution < 1.29 is 9.59 Å². The molecule has 24 heavy (non-hydrogen) atoms. The van der Waals surface area contributed by atoms with Crippen molar-refractivity contribution in [1.29, 1.82) is 0 Å². The first-order valence-electron chi connectivity index (χ1n) is 8.70. The number of imide groups is 1. The number of pyridine rings is 1. The highest BCUT2D eigenvalue weighted by molar-refractivity contribution is 6.00. The maximum Gasteiger partial charge on any atom is 0.234 e. The number of nitrogens with zero attached hydrogens (tertiary/aromatic N) is 3. The third kappa shape index (κ3) is 3.01. The number of anilines is 1. The van der Waals surface area contributed by atoms with Crippen LogP contribution in [0.3, 0.4) is 0 Å². The van der Waals surface area contributed by atoms with Crippen LogP contribution in [0.25, 0.3) is 0 Å². The maximum absolute atomic E-state index is 11.9. The molecule has 1 atom stereocenters. The van der Waals surface area contributed by atoms with Gasteiger partial charge in [0.05, 0.1) is 5.92 Å². The summed E-state index contributed by atoms with van der Waals surface area (Å²) in [6.45, 7) is 6.45. The first-order valence-corrected chi connectivity index (χ1v) is 8.70. The summed E-state index contributed by atoms with van der Waals surface area (Å²) >= 11 is 0. The van der Waals surface area contributed by atoms with E-state index < -0.39 is 0 Å². The zero-order valence-corrected chi connectivity index (χ0v) is 13.7. The van der Waals surface area contributed by atoms with E-state index in [1.807, 2.05) is 12.1 Å². The van der Waals surface area contributed by atoms with Crippen molar-refractivity contribution >= 4 is 17.6 Å². The molecule has 4 rings (SSSR count). The molecule has 1 unspecified atom stereocenters. The van der Waals surface area contributed by atoms with Gasteiger partial charge in [0, 0.05) is 57.9 Å². The predicted octanol–water partition coefficient (Wildman–Crippen LogP) is -0.304. The molecule has 1 aromatic rings. The standard InChI is InChI=1S/C17H23N5O2/c23-16-4-2-14(17(24)20-16)12-1-3-15(19-9-12)22-10-13(11-22)21-7-5-18-6-8-21/h1,3,9,13-14,18H,2,4-8,10-11H2,(H,20,23,24). The van der Waals surface area contributed by atoms with E-state index in [2.05, 4.69) is 25.4 Å². The number of amides is 2. The number of piperidine rings is 1. The number of hydrogen-bond donors (Lipinski definition) is 2. The van der Waals surface area contributed by atoms with Crippen LogP contribution in [-0.2, 0) is 9.59 Å². The van der Waals surface area contributed by atoms with Crippen LogP contribution in [0.4, 0.5) is 5.82 Å². The smallest absolute Gasteiger partial charge is 0.234 e. The van der Waals surface area contributed by atoms with Crippen LogP contribution < -0.4 is 15.5 Å². The summed E-state index contributed by atoms with van der Waals surface area (Å²) in [6.07, 6.45) is 2.75. The van der Waals surface area contributed by atoms with Gasteiger partial charge in [-0.1, -0.05) is 6.07 Å².